The molecule has 2 N–H and O–H groups in total. The SMILES string of the molecule is C[C@]12CC=C3C=C4[C@H]5C[C@H]5[C@@H](N5C[C@H](O)[C@@H](O)C5)C[C@]45CCC3(O5)[C@@H]1C[C@H]1C[C@]12c1ccc2ccncc2c1. The van der Waals surface area contributed by atoms with Crippen molar-refractivity contribution in [2.24, 2.45) is 29.1 Å². The fourth-order valence-corrected chi connectivity index (χ4v) is 11.6. The van der Waals surface area contributed by atoms with Crippen LogP contribution in [-0.2, 0) is 10.2 Å². The molecule has 5 heteroatoms. The van der Waals surface area contributed by atoms with Crippen molar-refractivity contribution in [3.05, 3.63) is 65.5 Å². The minimum atomic E-state index is -0.611. The van der Waals surface area contributed by atoms with Crippen LogP contribution in [0.15, 0.2) is 60.0 Å². The maximum atomic E-state index is 10.3. The molecule has 11 atom stereocenters. The first-order valence-electron chi connectivity index (χ1n) is 15.4. The molecular weight excluding hydrogens is 484 g/mol. The van der Waals surface area contributed by atoms with Crippen molar-refractivity contribution >= 4 is 10.8 Å². The predicted molar refractivity (Wildman–Crippen MR) is 148 cm³/mol. The summed E-state index contributed by atoms with van der Waals surface area (Å²) >= 11 is 0. The summed E-state index contributed by atoms with van der Waals surface area (Å²) in [5.74, 6) is 2.58. The number of pyridine rings is 1. The summed E-state index contributed by atoms with van der Waals surface area (Å²) < 4.78 is 7.62. The molecule has 1 aromatic carbocycles. The molecule has 1 aromatic heterocycles. The molecule has 4 heterocycles. The molecule has 1 unspecified atom stereocenters. The Morgan fingerprint density at radius 1 is 1.03 bits per heavy atom. The molecule has 2 saturated heterocycles. The second-order valence-electron chi connectivity index (χ2n) is 14.8. The van der Waals surface area contributed by atoms with Crippen molar-refractivity contribution in [1.29, 1.82) is 0 Å². The highest BCUT2D eigenvalue weighted by atomic mass is 16.5. The van der Waals surface area contributed by atoms with Crippen molar-refractivity contribution < 1.29 is 14.9 Å². The van der Waals surface area contributed by atoms with Gasteiger partial charge in [0.2, 0.25) is 0 Å². The van der Waals surface area contributed by atoms with E-state index in [1.807, 2.05) is 12.4 Å². The van der Waals surface area contributed by atoms with Gasteiger partial charge in [0.15, 0.2) is 0 Å². The van der Waals surface area contributed by atoms with Gasteiger partial charge in [0, 0.05) is 42.3 Å². The summed E-state index contributed by atoms with van der Waals surface area (Å²) in [6.07, 6.45) is 16.2. The van der Waals surface area contributed by atoms with Crippen LogP contribution in [0.4, 0.5) is 0 Å². The van der Waals surface area contributed by atoms with Gasteiger partial charge in [-0.25, -0.2) is 0 Å². The highest BCUT2D eigenvalue weighted by Gasteiger charge is 2.79. The summed E-state index contributed by atoms with van der Waals surface area (Å²) in [7, 11) is 0. The van der Waals surface area contributed by atoms with Crippen LogP contribution in [0.2, 0.25) is 0 Å². The Bertz CT molecular complexity index is 1510. The third-order valence-corrected chi connectivity index (χ3v) is 13.5. The first-order valence-corrected chi connectivity index (χ1v) is 15.4. The average molecular weight is 523 g/mol. The van der Waals surface area contributed by atoms with E-state index < -0.39 is 12.2 Å². The Balaban J connectivity index is 1.04. The van der Waals surface area contributed by atoms with Crippen LogP contribution in [0.3, 0.4) is 0 Å². The summed E-state index contributed by atoms with van der Waals surface area (Å²) in [6.45, 7) is 3.81. The zero-order chi connectivity index (χ0) is 25.9. The van der Waals surface area contributed by atoms with Crippen LogP contribution in [-0.4, -0.2) is 62.6 Å². The number of nitrogens with zero attached hydrogens (tertiary/aromatic N) is 2. The summed E-state index contributed by atoms with van der Waals surface area (Å²) in [5, 5.41) is 23.2. The van der Waals surface area contributed by atoms with Gasteiger partial charge < -0.3 is 14.9 Å². The Hall–Kier alpha value is -2.05. The lowest BCUT2D eigenvalue weighted by molar-refractivity contribution is -0.146. The standard InChI is InChI=1S/C34H38N2O3/c1-31-6-4-22-11-26-24-13-25(24)27(36-17-28(37)29(38)18-36)15-32(26)7-8-34(22,39-32)30(31)12-23-14-33(23,31)21-3-2-19-5-9-35-16-20(19)10-21/h2-5,9-11,16,23-25,27-30,37-38H,6-8,12-15,17-18H2,1H3/t23-,24-,25+,27-,28-,29-,30+,31-,32+,33-,34?/m0/s1. The summed E-state index contributed by atoms with van der Waals surface area (Å²) in [5.41, 5.74) is 4.77. The zero-order valence-electron chi connectivity index (χ0n) is 22.7. The van der Waals surface area contributed by atoms with Gasteiger partial charge in [0.1, 0.15) is 0 Å². The lowest BCUT2D eigenvalue weighted by Gasteiger charge is -2.56. The van der Waals surface area contributed by atoms with Gasteiger partial charge in [0.25, 0.3) is 0 Å². The quantitative estimate of drug-likeness (QED) is 0.607. The number of ether oxygens (including phenoxy) is 1. The van der Waals surface area contributed by atoms with Gasteiger partial charge in [-0.05, 0) is 108 Å². The van der Waals surface area contributed by atoms with Gasteiger partial charge in [-0.2, -0.15) is 0 Å². The highest BCUT2D eigenvalue weighted by molar-refractivity contribution is 5.82. The van der Waals surface area contributed by atoms with Crippen LogP contribution in [0.25, 0.3) is 10.8 Å². The number of fused-ring (bicyclic) bond motifs is 6. The molecule has 0 radical (unpaired) electrons. The summed E-state index contributed by atoms with van der Waals surface area (Å²) in [4.78, 5) is 6.82. The van der Waals surface area contributed by atoms with Crippen molar-refractivity contribution in [1.82, 2.24) is 9.88 Å². The van der Waals surface area contributed by atoms with E-state index in [1.165, 1.54) is 41.2 Å². The van der Waals surface area contributed by atoms with Crippen molar-refractivity contribution in [2.45, 2.75) is 86.7 Å². The number of allylic oxidation sites excluding steroid dienone is 1. The molecule has 10 rings (SSSR count). The van der Waals surface area contributed by atoms with Crippen molar-refractivity contribution in [3.8, 4) is 0 Å². The molecule has 5 aliphatic carbocycles. The molecule has 2 bridgehead atoms. The third kappa shape index (κ3) is 2.53. The normalized spacial score (nSPS) is 52.3. The monoisotopic (exact) mass is 522 g/mol. The average Bonchev–Trinajstić information content (AvgIpc) is 3.81. The Labute approximate surface area is 229 Å². The molecule has 6 fully saturated rings. The number of aromatic nitrogens is 1. The Morgan fingerprint density at radius 3 is 2.77 bits per heavy atom. The van der Waals surface area contributed by atoms with Gasteiger partial charge in [-0.3, -0.25) is 9.88 Å². The van der Waals surface area contributed by atoms with E-state index in [9.17, 15) is 10.2 Å². The minimum absolute atomic E-state index is 0.147. The number of benzene rings is 1. The molecule has 4 saturated carbocycles. The molecule has 2 aromatic rings. The number of aliphatic hydroxyl groups excluding tert-OH is 2. The first-order chi connectivity index (χ1) is 18.9. The van der Waals surface area contributed by atoms with Crippen LogP contribution in [0.5, 0.6) is 0 Å². The molecular formula is C34H38N2O3. The van der Waals surface area contributed by atoms with Gasteiger partial charge in [-0.15, -0.1) is 0 Å². The Kier molecular flexibility index (Phi) is 3.98. The largest absolute Gasteiger partial charge is 0.389 e. The number of rotatable bonds is 2. The van der Waals surface area contributed by atoms with E-state index in [-0.39, 0.29) is 22.0 Å². The number of hydrogen-bond donors (Lipinski definition) is 2. The van der Waals surface area contributed by atoms with Crippen LogP contribution < -0.4 is 0 Å². The molecule has 2 spiro atoms. The Morgan fingerprint density at radius 2 is 1.90 bits per heavy atom. The van der Waals surface area contributed by atoms with Crippen molar-refractivity contribution in [3.63, 3.8) is 0 Å². The molecule has 0 amide bonds. The number of likely N-dealkylation sites (tertiary alicyclic amines) is 1. The molecule has 3 aliphatic heterocycles. The number of hydrogen-bond acceptors (Lipinski definition) is 5. The first kappa shape index (κ1) is 22.6. The maximum absolute atomic E-state index is 10.3. The van der Waals surface area contributed by atoms with Crippen LogP contribution in [0.1, 0.15) is 57.4 Å². The van der Waals surface area contributed by atoms with Gasteiger partial charge in [0.05, 0.1) is 23.4 Å². The van der Waals surface area contributed by atoms with Crippen LogP contribution >= 0.6 is 0 Å². The van der Waals surface area contributed by atoms with E-state index in [4.69, 9.17) is 4.74 Å². The number of aliphatic hydroxyl groups is 2. The van der Waals surface area contributed by atoms with E-state index in [2.05, 4.69) is 53.2 Å². The third-order valence-electron chi connectivity index (χ3n) is 13.5. The van der Waals surface area contributed by atoms with Gasteiger partial charge >= 0.3 is 0 Å². The second kappa shape index (κ2) is 6.87. The maximum Gasteiger partial charge on any atom is 0.0975 e. The lowest BCUT2D eigenvalue weighted by atomic mass is 9.55. The zero-order valence-corrected chi connectivity index (χ0v) is 22.7. The van der Waals surface area contributed by atoms with E-state index >= 15 is 0 Å². The van der Waals surface area contributed by atoms with Crippen molar-refractivity contribution in [2.75, 3.05) is 13.1 Å². The predicted octanol–water partition coefficient (Wildman–Crippen LogP) is 4.52. The fourth-order valence-electron chi connectivity index (χ4n) is 11.6. The number of β-amino-alcohol motifs (C(OH)–C–C–N with tert-alkyl or cyclic N) is 2. The lowest BCUT2D eigenvalue weighted by Crippen LogP contribution is -2.57. The molecule has 39 heavy (non-hydrogen) atoms. The molecule has 202 valence electrons. The van der Waals surface area contributed by atoms with Gasteiger partial charge in [-0.1, -0.05) is 31.2 Å². The van der Waals surface area contributed by atoms with E-state index in [0.717, 1.165) is 31.6 Å². The molecule has 8 aliphatic rings. The molecule has 5 nitrogen and oxygen atoms in total. The van der Waals surface area contributed by atoms with E-state index in [1.54, 1.807) is 5.57 Å². The smallest absolute Gasteiger partial charge is 0.0975 e. The fraction of sp³-hybridized carbons (Fsp3) is 0.618. The minimum Gasteiger partial charge on any atom is -0.389 e. The summed E-state index contributed by atoms with van der Waals surface area (Å²) in [6, 6.07) is 9.72. The second-order valence-corrected chi connectivity index (χ2v) is 14.8. The van der Waals surface area contributed by atoms with Crippen LogP contribution in [0, 0.1) is 29.1 Å². The van der Waals surface area contributed by atoms with E-state index in [0.29, 0.717) is 36.9 Å². The topological polar surface area (TPSA) is 65.8 Å². The highest BCUT2D eigenvalue weighted by Crippen LogP contribution is 2.81.